The van der Waals surface area contributed by atoms with E-state index in [4.69, 9.17) is 11.6 Å². The van der Waals surface area contributed by atoms with Crippen LogP contribution in [-0.2, 0) is 17.3 Å². The van der Waals surface area contributed by atoms with E-state index in [-0.39, 0.29) is 24.4 Å². The molecular weight excluding hydrogens is 554 g/mol. The highest BCUT2D eigenvalue weighted by Crippen LogP contribution is 2.36. The number of nitrogens with zero attached hydrogens (tertiary/aromatic N) is 3. The van der Waals surface area contributed by atoms with Crippen molar-refractivity contribution in [2.45, 2.75) is 36.2 Å². The normalized spacial score (nSPS) is 18.5. The molecule has 0 N–H and O–H groups in total. The Kier molecular flexibility index (Phi) is 7.41. The van der Waals surface area contributed by atoms with Crippen LogP contribution in [0.3, 0.4) is 0 Å². The lowest BCUT2D eigenvalue weighted by molar-refractivity contribution is 0.0726. The number of hydrogen-bond donors (Lipinski definition) is 0. The third-order valence-corrected chi connectivity index (χ3v) is 9.47. The van der Waals surface area contributed by atoms with Gasteiger partial charge in [0.25, 0.3) is 11.8 Å². The fourth-order valence-corrected chi connectivity index (χ4v) is 7.24. The van der Waals surface area contributed by atoms with Crippen LogP contribution in [0.5, 0.6) is 0 Å². The van der Waals surface area contributed by atoms with E-state index in [0.29, 0.717) is 44.7 Å². The van der Waals surface area contributed by atoms with Gasteiger partial charge in [0.05, 0.1) is 38.4 Å². The van der Waals surface area contributed by atoms with Crippen molar-refractivity contribution in [1.29, 1.82) is 0 Å². The number of halogens is 1. The highest BCUT2D eigenvalue weighted by molar-refractivity contribution is 7.85. The zero-order valence-corrected chi connectivity index (χ0v) is 24.5. The van der Waals surface area contributed by atoms with Gasteiger partial charge in [-0.15, -0.1) is 0 Å². The van der Waals surface area contributed by atoms with Crippen LogP contribution < -0.4 is 9.80 Å². The highest BCUT2D eigenvalue weighted by Gasteiger charge is 2.33. The molecule has 2 amide bonds. The van der Waals surface area contributed by atoms with Gasteiger partial charge in [0, 0.05) is 41.9 Å². The van der Waals surface area contributed by atoms with Crippen molar-refractivity contribution in [2.24, 2.45) is 0 Å². The fourth-order valence-electron chi connectivity index (χ4n) is 5.69. The molecule has 0 unspecified atom stereocenters. The lowest BCUT2D eigenvalue weighted by atomic mass is 10.1. The van der Waals surface area contributed by atoms with Crippen LogP contribution >= 0.6 is 11.6 Å². The van der Waals surface area contributed by atoms with Gasteiger partial charge >= 0.3 is 0 Å². The Morgan fingerprint density at radius 2 is 1.73 bits per heavy atom. The van der Waals surface area contributed by atoms with Gasteiger partial charge in [-0.2, -0.15) is 0 Å². The number of aryl methyl sites for hydroxylation is 1. The molecule has 8 heteroatoms. The molecular formula is C33H30ClN3O3S. The van der Waals surface area contributed by atoms with Crippen LogP contribution in [0.1, 0.15) is 38.8 Å². The second kappa shape index (κ2) is 11.1. The quantitative estimate of drug-likeness (QED) is 0.282. The molecule has 0 radical (unpaired) electrons. The molecule has 1 saturated heterocycles. The molecule has 4 aromatic rings. The van der Waals surface area contributed by atoms with E-state index in [1.54, 1.807) is 53.4 Å². The van der Waals surface area contributed by atoms with E-state index in [1.165, 1.54) is 5.56 Å². The monoisotopic (exact) mass is 583 g/mol. The van der Waals surface area contributed by atoms with Crippen molar-refractivity contribution in [2.75, 3.05) is 29.4 Å². The standard InChI is InChI=1S/C33H30ClN3O3S/c1-22-7-5-10-27(17-22)36-16-15-35(20-23(36)2)32(38)25-13-14-31-29(19-25)37(21-24-8-6-9-26(34)18-24)33(39)28-11-3-4-12-30(28)41(31)40/h3-14,17-19,23H,15-16,20-21H2,1-2H3/t23-,41-/m1/s1. The Balaban J connectivity index is 1.34. The summed E-state index contributed by atoms with van der Waals surface area (Å²) in [5, 5.41) is 0.567. The van der Waals surface area contributed by atoms with Crippen molar-refractivity contribution in [3.63, 3.8) is 0 Å². The van der Waals surface area contributed by atoms with E-state index in [9.17, 15) is 13.8 Å². The molecule has 208 valence electrons. The third kappa shape index (κ3) is 5.27. The first kappa shape index (κ1) is 27.2. The first-order chi connectivity index (χ1) is 19.8. The molecule has 0 aromatic heterocycles. The van der Waals surface area contributed by atoms with E-state index in [2.05, 4.69) is 43.0 Å². The SMILES string of the molecule is Cc1cccc(N2CCN(C(=O)c3ccc4c(c3)N(Cc3cccc(Cl)c3)C(=O)c3ccccc3[S@]4=O)C[C@H]2C)c1. The lowest BCUT2D eigenvalue weighted by Gasteiger charge is -2.41. The second-order valence-corrected chi connectivity index (χ2v) is 12.5. The number of carbonyl (C=O) groups is 2. The van der Waals surface area contributed by atoms with Gasteiger partial charge < -0.3 is 14.7 Å². The van der Waals surface area contributed by atoms with E-state index >= 15 is 0 Å². The molecule has 6 rings (SSSR count). The number of fused-ring (bicyclic) bond motifs is 2. The van der Waals surface area contributed by atoms with Crippen molar-refractivity contribution >= 4 is 45.6 Å². The molecule has 2 aliphatic heterocycles. The van der Waals surface area contributed by atoms with Gasteiger partial charge in [-0.3, -0.25) is 9.59 Å². The minimum Gasteiger partial charge on any atom is -0.365 e. The molecule has 4 aromatic carbocycles. The van der Waals surface area contributed by atoms with Crippen LogP contribution in [-0.4, -0.2) is 46.6 Å². The Labute approximate surface area is 247 Å². The van der Waals surface area contributed by atoms with E-state index in [1.807, 2.05) is 23.1 Å². The predicted molar refractivity (Wildman–Crippen MR) is 163 cm³/mol. The minimum absolute atomic E-state index is 0.105. The smallest absolute Gasteiger partial charge is 0.259 e. The summed E-state index contributed by atoms with van der Waals surface area (Å²) >= 11 is 6.25. The molecule has 2 aliphatic rings. The molecule has 0 bridgehead atoms. The number of amides is 2. The average molecular weight is 584 g/mol. The molecule has 0 saturated carbocycles. The summed E-state index contributed by atoms with van der Waals surface area (Å²) in [7, 11) is -1.59. The third-order valence-electron chi connectivity index (χ3n) is 7.74. The van der Waals surface area contributed by atoms with Crippen molar-refractivity contribution < 1.29 is 13.8 Å². The molecule has 1 fully saturated rings. The zero-order chi connectivity index (χ0) is 28.7. The maximum absolute atomic E-state index is 13.9. The van der Waals surface area contributed by atoms with E-state index in [0.717, 1.165) is 17.8 Å². The number of anilines is 2. The van der Waals surface area contributed by atoms with Crippen LogP contribution in [0.2, 0.25) is 5.02 Å². The largest absolute Gasteiger partial charge is 0.365 e. The Morgan fingerprint density at radius 1 is 0.927 bits per heavy atom. The lowest BCUT2D eigenvalue weighted by Crippen LogP contribution is -2.53. The van der Waals surface area contributed by atoms with Crippen molar-refractivity contribution in [1.82, 2.24) is 4.90 Å². The van der Waals surface area contributed by atoms with Crippen LogP contribution in [0.4, 0.5) is 11.4 Å². The minimum atomic E-state index is -1.59. The van der Waals surface area contributed by atoms with Gasteiger partial charge in [0.2, 0.25) is 0 Å². The Hall–Kier alpha value is -3.94. The summed E-state index contributed by atoms with van der Waals surface area (Å²) < 4.78 is 13.8. The Bertz CT molecular complexity index is 1690. The van der Waals surface area contributed by atoms with Crippen LogP contribution in [0.15, 0.2) is 101 Å². The molecule has 6 nitrogen and oxygen atoms in total. The molecule has 0 spiro atoms. The van der Waals surface area contributed by atoms with Crippen LogP contribution in [0, 0.1) is 6.92 Å². The summed E-state index contributed by atoms with van der Waals surface area (Å²) in [5.74, 6) is -0.371. The van der Waals surface area contributed by atoms with Gasteiger partial charge in [0.15, 0.2) is 0 Å². The summed E-state index contributed by atoms with van der Waals surface area (Å²) in [5.41, 5.74) is 4.52. The van der Waals surface area contributed by atoms with Gasteiger partial charge in [-0.1, -0.05) is 48.0 Å². The summed E-state index contributed by atoms with van der Waals surface area (Å²) in [6.45, 7) is 6.31. The van der Waals surface area contributed by atoms with Gasteiger partial charge in [-0.25, -0.2) is 4.21 Å². The summed E-state index contributed by atoms with van der Waals surface area (Å²) in [4.78, 5) is 34.5. The Morgan fingerprint density at radius 3 is 2.51 bits per heavy atom. The maximum atomic E-state index is 13.9. The van der Waals surface area contributed by atoms with Crippen LogP contribution in [0.25, 0.3) is 0 Å². The van der Waals surface area contributed by atoms with Gasteiger partial charge in [-0.05, 0) is 79.6 Å². The van der Waals surface area contributed by atoms with Crippen molar-refractivity contribution in [3.8, 4) is 0 Å². The van der Waals surface area contributed by atoms with Crippen molar-refractivity contribution in [3.05, 3.63) is 118 Å². The summed E-state index contributed by atoms with van der Waals surface area (Å²) in [6.07, 6.45) is 0. The maximum Gasteiger partial charge on any atom is 0.259 e. The van der Waals surface area contributed by atoms with Gasteiger partial charge in [0.1, 0.15) is 0 Å². The number of piperazine rings is 1. The molecule has 0 aliphatic carbocycles. The number of benzene rings is 4. The van der Waals surface area contributed by atoms with E-state index < -0.39 is 10.8 Å². The number of carbonyl (C=O) groups excluding carboxylic acids is 2. The highest BCUT2D eigenvalue weighted by atomic mass is 35.5. The topological polar surface area (TPSA) is 60.9 Å². The average Bonchev–Trinajstić information content (AvgIpc) is 3.06. The summed E-state index contributed by atoms with van der Waals surface area (Å²) in [6, 6.07) is 28.1. The number of rotatable bonds is 4. The molecule has 2 atom stereocenters. The number of hydrogen-bond acceptors (Lipinski definition) is 4. The first-order valence-corrected chi connectivity index (χ1v) is 15.2. The fraction of sp³-hybridized carbons (Fsp3) is 0.212. The zero-order valence-electron chi connectivity index (χ0n) is 22.9. The first-order valence-electron chi connectivity index (χ1n) is 13.6. The predicted octanol–water partition coefficient (Wildman–Crippen LogP) is 6.33. The molecule has 2 heterocycles. The molecule has 41 heavy (non-hydrogen) atoms. The second-order valence-electron chi connectivity index (χ2n) is 10.6.